The van der Waals surface area contributed by atoms with Gasteiger partial charge in [-0.15, -0.1) is 0 Å². The van der Waals surface area contributed by atoms with Crippen molar-refractivity contribution in [2.75, 3.05) is 23.3 Å². The average Bonchev–Trinajstić information content (AvgIpc) is 3.17. The van der Waals surface area contributed by atoms with Crippen LogP contribution in [0.3, 0.4) is 0 Å². The second-order valence-corrected chi connectivity index (χ2v) is 11.4. The number of rotatable bonds is 8. The van der Waals surface area contributed by atoms with Crippen LogP contribution < -0.4 is 20.3 Å². The fourth-order valence-corrected chi connectivity index (χ4v) is 5.75. The van der Waals surface area contributed by atoms with Crippen molar-refractivity contribution in [1.29, 1.82) is 0 Å². The number of amides is 1. The first-order valence-corrected chi connectivity index (χ1v) is 14.2. The van der Waals surface area contributed by atoms with Crippen molar-refractivity contribution in [1.82, 2.24) is 9.36 Å². The number of carbonyl (C=O) groups is 3. The first-order valence-electron chi connectivity index (χ1n) is 12.4. The first-order chi connectivity index (χ1) is 19.9. The van der Waals surface area contributed by atoms with E-state index in [-0.39, 0.29) is 34.4 Å². The van der Waals surface area contributed by atoms with Crippen LogP contribution in [0.5, 0.6) is 5.75 Å². The van der Waals surface area contributed by atoms with Gasteiger partial charge in [0.05, 0.1) is 27.5 Å². The second-order valence-electron chi connectivity index (χ2n) is 9.26. The quantitative estimate of drug-likeness (QED) is 0.227. The van der Waals surface area contributed by atoms with Crippen molar-refractivity contribution in [2.24, 2.45) is 7.05 Å². The molecule has 2 N–H and O–H groups in total. The van der Waals surface area contributed by atoms with Gasteiger partial charge in [0.2, 0.25) is 0 Å². The molecule has 1 aromatic heterocycles. The fraction of sp³-hybridized carbons (Fsp3) is 0.143. The van der Waals surface area contributed by atoms with Gasteiger partial charge >= 0.3 is 5.97 Å². The molecule has 1 aliphatic rings. The summed E-state index contributed by atoms with van der Waals surface area (Å²) >= 11 is 6.13. The Morgan fingerprint density at radius 3 is 2.52 bits per heavy atom. The number of fused-ring (bicyclic) bond motifs is 1. The predicted molar refractivity (Wildman–Crippen MR) is 153 cm³/mol. The predicted octanol–water partition coefficient (Wildman–Crippen LogP) is 3.31. The molecule has 0 spiro atoms. The van der Waals surface area contributed by atoms with E-state index in [4.69, 9.17) is 21.1 Å². The van der Waals surface area contributed by atoms with Crippen LogP contribution in [-0.4, -0.2) is 48.7 Å². The van der Waals surface area contributed by atoms with E-state index in [0.717, 1.165) is 12.1 Å². The van der Waals surface area contributed by atoms with Crippen molar-refractivity contribution < 1.29 is 32.3 Å². The van der Waals surface area contributed by atoms with Crippen LogP contribution in [0.2, 0.25) is 5.02 Å². The smallest absolute Gasteiger partial charge is 0.338 e. The molecular formula is C28H23ClN4O8S. The van der Waals surface area contributed by atoms with Crippen LogP contribution >= 0.6 is 11.6 Å². The summed E-state index contributed by atoms with van der Waals surface area (Å²) in [7, 11) is -2.78. The summed E-state index contributed by atoms with van der Waals surface area (Å²) in [6.07, 6.45) is 0. The molecular weight excluding hydrogens is 588 g/mol. The Balaban J connectivity index is 1.34. The number of sulfonamides is 1. The zero-order valence-electron chi connectivity index (χ0n) is 22.2. The zero-order chi connectivity index (χ0) is 30.2. The van der Waals surface area contributed by atoms with Crippen LogP contribution in [0.25, 0.3) is 5.69 Å². The first kappa shape index (κ1) is 28.6. The Bertz CT molecular complexity index is 1920. The summed E-state index contributed by atoms with van der Waals surface area (Å²) in [6, 6.07) is 16.4. The number of nitrogens with zero attached hydrogens (tertiary/aromatic N) is 2. The van der Waals surface area contributed by atoms with Crippen molar-refractivity contribution in [3.63, 3.8) is 0 Å². The highest BCUT2D eigenvalue weighted by Crippen LogP contribution is 2.29. The average molecular weight is 611 g/mol. The third-order valence-corrected chi connectivity index (χ3v) is 8.02. The highest BCUT2D eigenvalue weighted by molar-refractivity contribution is 7.92. The van der Waals surface area contributed by atoms with Crippen LogP contribution in [0, 0.1) is 6.92 Å². The molecule has 0 bridgehead atoms. The van der Waals surface area contributed by atoms with Gasteiger partial charge in [0.15, 0.2) is 19.0 Å². The van der Waals surface area contributed by atoms with Crippen LogP contribution in [-0.2, 0) is 26.6 Å². The highest BCUT2D eigenvalue weighted by Gasteiger charge is 2.25. The maximum absolute atomic E-state index is 13.3. The zero-order valence-corrected chi connectivity index (χ0v) is 23.8. The fourth-order valence-electron chi connectivity index (χ4n) is 4.27. The molecule has 0 aliphatic carbocycles. The largest absolute Gasteiger partial charge is 0.482 e. The molecule has 3 aromatic carbocycles. The van der Waals surface area contributed by atoms with Gasteiger partial charge in [-0.25, -0.2) is 17.9 Å². The lowest BCUT2D eigenvalue weighted by Crippen LogP contribution is -2.25. The van der Waals surface area contributed by atoms with Gasteiger partial charge in [0.1, 0.15) is 11.4 Å². The molecule has 2 heterocycles. The lowest BCUT2D eigenvalue weighted by Gasteiger charge is -2.18. The molecule has 1 amide bonds. The minimum absolute atomic E-state index is 0.0898. The number of hydrogen-bond acceptors (Lipinski definition) is 8. The standard InChI is InChI=1S/C28H23ClN4O8S/c1-16-26(27(36)33(32(16)2)20-6-4-3-5-7-20)31-42(38,39)21-11-18(10-19(29)13-21)28(37)41-14-23(34)17-8-9-24-22(12-17)30-25(35)15-40-24/h3-13,31H,14-15H2,1-2H3,(H,30,35). The molecule has 0 atom stereocenters. The number of aromatic nitrogens is 2. The van der Waals surface area contributed by atoms with Gasteiger partial charge < -0.3 is 14.8 Å². The minimum Gasteiger partial charge on any atom is -0.482 e. The summed E-state index contributed by atoms with van der Waals surface area (Å²) in [6.45, 7) is 0.781. The van der Waals surface area contributed by atoms with Gasteiger partial charge in [-0.05, 0) is 55.5 Å². The van der Waals surface area contributed by atoms with Gasteiger partial charge in [0.25, 0.3) is 21.5 Å². The Kier molecular flexibility index (Phi) is 7.63. The van der Waals surface area contributed by atoms with Crippen molar-refractivity contribution in [2.45, 2.75) is 11.8 Å². The molecule has 1 aliphatic heterocycles. The molecule has 0 saturated carbocycles. The number of hydrogen-bond donors (Lipinski definition) is 2. The highest BCUT2D eigenvalue weighted by atomic mass is 35.5. The maximum Gasteiger partial charge on any atom is 0.338 e. The second kappa shape index (κ2) is 11.2. The van der Waals surface area contributed by atoms with E-state index in [1.807, 2.05) is 0 Å². The molecule has 5 rings (SSSR count). The third kappa shape index (κ3) is 5.64. The normalized spacial score (nSPS) is 12.6. The van der Waals surface area contributed by atoms with Crippen molar-refractivity contribution in [3.8, 4) is 11.4 Å². The van der Waals surface area contributed by atoms with E-state index >= 15 is 0 Å². The summed E-state index contributed by atoms with van der Waals surface area (Å²) < 4.78 is 42.1. The number of esters is 1. The number of nitrogens with one attached hydrogen (secondary N) is 2. The molecule has 4 aromatic rings. The van der Waals surface area contributed by atoms with Gasteiger partial charge in [-0.1, -0.05) is 29.8 Å². The molecule has 12 nitrogen and oxygen atoms in total. The maximum atomic E-state index is 13.3. The molecule has 0 saturated heterocycles. The van der Waals surface area contributed by atoms with Gasteiger partial charge in [-0.2, -0.15) is 0 Å². The van der Waals surface area contributed by atoms with E-state index in [1.54, 1.807) is 44.3 Å². The van der Waals surface area contributed by atoms with Gasteiger partial charge in [0, 0.05) is 17.6 Å². The SMILES string of the molecule is Cc1c(NS(=O)(=O)c2cc(Cl)cc(C(=O)OCC(=O)c3ccc4c(c3)NC(=O)CO4)c2)c(=O)n(-c2ccccc2)n1C. The summed E-state index contributed by atoms with van der Waals surface area (Å²) in [5.41, 5.74) is 0.347. The lowest BCUT2D eigenvalue weighted by atomic mass is 10.1. The van der Waals surface area contributed by atoms with E-state index < -0.39 is 38.8 Å². The van der Waals surface area contributed by atoms with E-state index in [9.17, 15) is 27.6 Å². The Hall–Kier alpha value is -4.88. The molecule has 0 radical (unpaired) electrons. The Labute approximate surface area is 244 Å². The number of halogens is 1. The van der Waals surface area contributed by atoms with E-state index in [0.29, 0.717) is 22.8 Å². The minimum atomic E-state index is -4.39. The molecule has 14 heteroatoms. The monoisotopic (exact) mass is 610 g/mol. The number of ether oxygens (including phenoxy) is 2. The van der Waals surface area contributed by atoms with Crippen molar-refractivity contribution >= 4 is 50.7 Å². The number of ketones is 1. The van der Waals surface area contributed by atoms with E-state index in [2.05, 4.69) is 10.0 Å². The lowest BCUT2D eigenvalue weighted by molar-refractivity contribution is -0.118. The number of Topliss-reactive ketones (excluding diaryl/α,β-unsaturated/α-hetero) is 1. The van der Waals surface area contributed by atoms with E-state index in [1.165, 1.54) is 33.6 Å². The number of benzene rings is 3. The molecule has 0 unspecified atom stereocenters. The van der Waals surface area contributed by atoms with Crippen molar-refractivity contribution in [3.05, 3.63) is 98.9 Å². The van der Waals surface area contributed by atoms with Crippen LogP contribution in [0.15, 0.2) is 76.4 Å². The molecule has 216 valence electrons. The number of para-hydroxylation sites is 1. The number of anilines is 2. The molecule has 0 fully saturated rings. The van der Waals surface area contributed by atoms with Crippen LogP contribution in [0.1, 0.15) is 26.4 Å². The summed E-state index contributed by atoms with van der Waals surface area (Å²) in [4.78, 5) is 49.8. The Morgan fingerprint density at radius 1 is 1.05 bits per heavy atom. The topological polar surface area (TPSA) is 155 Å². The van der Waals surface area contributed by atoms with Gasteiger partial charge in [-0.3, -0.25) is 23.8 Å². The van der Waals surface area contributed by atoms with Crippen LogP contribution in [0.4, 0.5) is 11.4 Å². The summed E-state index contributed by atoms with van der Waals surface area (Å²) in [5.74, 6) is -1.55. The molecule has 42 heavy (non-hydrogen) atoms. The summed E-state index contributed by atoms with van der Waals surface area (Å²) in [5, 5.41) is 2.50. The number of carbonyl (C=O) groups excluding carboxylic acids is 3. The Morgan fingerprint density at radius 2 is 1.79 bits per heavy atom. The third-order valence-electron chi connectivity index (χ3n) is 6.48.